The van der Waals surface area contributed by atoms with Crippen LogP contribution >= 0.6 is 0 Å². The number of ether oxygens (including phenoxy) is 2. The van der Waals surface area contributed by atoms with Crippen molar-refractivity contribution in [3.05, 3.63) is 64.5 Å². The molecule has 3 heteroatoms. The highest BCUT2D eigenvalue weighted by molar-refractivity contribution is 5.41. The molecule has 2 aromatic carbocycles. The van der Waals surface area contributed by atoms with Gasteiger partial charge in [0.2, 0.25) is 0 Å². The molecule has 0 bridgehead atoms. The van der Waals surface area contributed by atoms with Crippen LogP contribution in [0, 0.1) is 5.82 Å². The van der Waals surface area contributed by atoms with Crippen molar-refractivity contribution in [3.8, 4) is 5.75 Å². The third kappa shape index (κ3) is 3.89. The fourth-order valence-corrected chi connectivity index (χ4v) is 4.57. The Bertz CT molecular complexity index is 776. The van der Waals surface area contributed by atoms with Crippen molar-refractivity contribution in [2.24, 2.45) is 0 Å². The van der Waals surface area contributed by atoms with E-state index in [9.17, 15) is 4.39 Å². The van der Waals surface area contributed by atoms with Crippen LogP contribution in [0.3, 0.4) is 0 Å². The lowest BCUT2D eigenvalue weighted by Crippen LogP contribution is -2.19. The number of fused-ring (bicyclic) bond motifs is 1. The summed E-state index contributed by atoms with van der Waals surface area (Å²) >= 11 is 0. The number of methoxy groups -OCH3 is 1. The topological polar surface area (TPSA) is 18.5 Å². The number of benzene rings is 2. The van der Waals surface area contributed by atoms with Gasteiger partial charge in [0.25, 0.3) is 0 Å². The molecular formula is C24H29FO2. The maximum Gasteiger partial charge on any atom is 0.165 e. The summed E-state index contributed by atoms with van der Waals surface area (Å²) in [5.74, 6) is 0.856. The minimum Gasteiger partial charge on any atom is -0.482 e. The first-order valence-corrected chi connectivity index (χ1v) is 10.3. The van der Waals surface area contributed by atoms with E-state index in [0.717, 1.165) is 48.8 Å². The van der Waals surface area contributed by atoms with E-state index in [1.165, 1.54) is 18.4 Å². The number of halogens is 1. The van der Waals surface area contributed by atoms with Crippen LogP contribution in [0.2, 0.25) is 0 Å². The van der Waals surface area contributed by atoms with Gasteiger partial charge in [0, 0.05) is 7.11 Å². The summed E-state index contributed by atoms with van der Waals surface area (Å²) in [4.78, 5) is 0. The van der Waals surface area contributed by atoms with Crippen LogP contribution in [0.15, 0.2) is 36.4 Å². The van der Waals surface area contributed by atoms with E-state index in [0.29, 0.717) is 17.8 Å². The Kier molecular flexibility index (Phi) is 5.49. The predicted octanol–water partition coefficient (Wildman–Crippen LogP) is 6.13. The van der Waals surface area contributed by atoms with Crippen LogP contribution in [0.5, 0.6) is 5.75 Å². The highest BCUT2D eigenvalue weighted by atomic mass is 19.1. The molecule has 144 valence electrons. The van der Waals surface area contributed by atoms with E-state index in [-0.39, 0.29) is 11.9 Å². The minimum atomic E-state index is -0.222. The Morgan fingerprint density at radius 1 is 1.00 bits per heavy atom. The van der Waals surface area contributed by atoms with Gasteiger partial charge in [0.05, 0.1) is 6.10 Å². The molecular weight excluding hydrogens is 339 g/mol. The van der Waals surface area contributed by atoms with E-state index >= 15 is 0 Å². The second kappa shape index (κ2) is 8.02. The van der Waals surface area contributed by atoms with Crippen molar-refractivity contribution in [2.45, 2.75) is 70.0 Å². The van der Waals surface area contributed by atoms with Crippen molar-refractivity contribution < 1.29 is 13.9 Å². The summed E-state index contributed by atoms with van der Waals surface area (Å²) < 4.78 is 26.0. The molecule has 0 radical (unpaired) electrons. The zero-order chi connectivity index (χ0) is 18.8. The van der Waals surface area contributed by atoms with Crippen molar-refractivity contribution >= 4 is 0 Å². The van der Waals surface area contributed by atoms with Gasteiger partial charge < -0.3 is 9.47 Å². The molecule has 2 nitrogen and oxygen atoms in total. The van der Waals surface area contributed by atoms with E-state index in [1.807, 2.05) is 7.11 Å². The first kappa shape index (κ1) is 18.5. The lowest BCUT2D eigenvalue weighted by molar-refractivity contribution is 0.0658. The molecule has 2 aromatic rings. The van der Waals surface area contributed by atoms with Gasteiger partial charge in [0.15, 0.2) is 11.6 Å². The van der Waals surface area contributed by atoms with Gasteiger partial charge in [-0.3, -0.25) is 0 Å². The van der Waals surface area contributed by atoms with Crippen LogP contribution in [-0.4, -0.2) is 13.2 Å². The Labute approximate surface area is 161 Å². The highest BCUT2D eigenvalue weighted by Gasteiger charge is 2.26. The van der Waals surface area contributed by atoms with Crippen LogP contribution in [0.4, 0.5) is 4.39 Å². The van der Waals surface area contributed by atoms with E-state index in [1.54, 1.807) is 6.07 Å². The second-order valence-electron chi connectivity index (χ2n) is 7.94. The molecule has 0 amide bonds. The normalized spacial score (nSPS) is 24.9. The maximum atomic E-state index is 14.4. The largest absolute Gasteiger partial charge is 0.482 e. The zero-order valence-electron chi connectivity index (χ0n) is 16.3. The van der Waals surface area contributed by atoms with Gasteiger partial charge in [-0.25, -0.2) is 4.39 Å². The number of aryl methyl sites for hydroxylation is 2. The average molecular weight is 368 g/mol. The summed E-state index contributed by atoms with van der Waals surface area (Å²) in [6, 6.07) is 12.5. The van der Waals surface area contributed by atoms with Crippen LogP contribution < -0.4 is 4.74 Å². The predicted molar refractivity (Wildman–Crippen MR) is 106 cm³/mol. The van der Waals surface area contributed by atoms with Gasteiger partial charge in [0.1, 0.15) is 6.10 Å². The summed E-state index contributed by atoms with van der Waals surface area (Å²) in [6.07, 6.45) is 7.66. The van der Waals surface area contributed by atoms with E-state index < -0.39 is 0 Å². The first-order valence-electron chi connectivity index (χ1n) is 10.3. The molecule has 0 spiro atoms. The molecule has 4 rings (SSSR count). The van der Waals surface area contributed by atoms with Gasteiger partial charge in [-0.1, -0.05) is 37.3 Å². The lowest BCUT2D eigenvalue weighted by Gasteiger charge is -2.29. The SMILES string of the molecule is CCc1cc(F)c2c(c1)CCC(c1ccc(C3CCC(OC)CC3)cc1)O2. The van der Waals surface area contributed by atoms with Crippen molar-refractivity contribution in [2.75, 3.05) is 7.11 Å². The fourth-order valence-electron chi connectivity index (χ4n) is 4.57. The van der Waals surface area contributed by atoms with Crippen molar-refractivity contribution in [3.63, 3.8) is 0 Å². The third-order valence-corrected chi connectivity index (χ3v) is 6.31. The standard InChI is InChI=1S/C24H29FO2/c1-3-16-14-20-10-13-23(27-24(20)22(25)15-16)19-6-4-17(5-7-19)18-8-11-21(26-2)12-9-18/h4-7,14-15,18,21,23H,3,8-13H2,1-2H3. The van der Waals surface area contributed by atoms with Gasteiger partial charge >= 0.3 is 0 Å². The Morgan fingerprint density at radius 3 is 2.37 bits per heavy atom. The molecule has 27 heavy (non-hydrogen) atoms. The molecule has 0 aromatic heterocycles. The Hall–Kier alpha value is -1.87. The average Bonchev–Trinajstić information content (AvgIpc) is 2.73. The summed E-state index contributed by atoms with van der Waals surface area (Å²) in [7, 11) is 1.81. The second-order valence-corrected chi connectivity index (χ2v) is 7.94. The molecule has 0 saturated heterocycles. The summed E-state index contributed by atoms with van der Waals surface area (Å²) in [6.45, 7) is 2.05. The molecule has 1 heterocycles. The maximum absolute atomic E-state index is 14.4. The highest BCUT2D eigenvalue weighted by Crippen LogP contribution is 2.39. The van der Waals surface area contributed by atoms with Crippen molar-refractivity contribution in [1.82, 2.24) is 0 Å². The van der Waals surface area contributed by atoms with E-state index in [2.05, 4.69) is 37.3 Å². The van der Waals surface area contributed by atoms with Crippen LogP contribution in [0.1, 0.15) is 73.3 Å². The summed E-state index contributed by atoms with van der Waals surface area (Å²) in [5, 5.41) is 0. The van der Waals surface area contributed by atoms with Gasteiger partial charge in [-0.05, 0) is 79.2 Å². The quantitative estimate of drug-likeness (QED) is 0.646. The Morgan fingerprint density at radius 2 is 1.70 bits per heavy atom. The fraction of sp³-hybridized carbons (Fsp3) is 0.500. The minimum absolute atomic E-state index is 0.0576. The first-order chi connectivity index (χ1) is 13.2. The van der Waals surface area contributed by atoms with Crippen molar-refractivity contribution in [1.29, 1.82) is 0 Å². The smallest absolute Gasteiger partial charge is 0.165 e. The number of hydrogen-bond donors (Lipinski definition) is 0. The Balaban J connectivity index is 1.46. The van der Waals surface area contributed by atoms with E-state index in [4.69, 9.17) is 9.47 Å². The number of rotatable bonds is 4. The molecule has 1 fully saturated rings. The van der Waals surface area contributed by atoms with Gasteiger partial charge in [-0.15, -0.1) is 0 Å². The molecule has 1 unspecified atom stereocenters. The number of hydrogen-bond acceptors (Lipinski definition) is 2. The summed E-state index contributed by atoms with van der Waals surface area (Å²) in [5.41, 5.74) is 4.60. The molecule has 1 aliphatic heterocycles. The monoisotopic (exact) mass is 368 g/mol. The van der Waals surface area contributed by atoms with Gasteiger partial charge in [-0.2, -0.15) is 0 Å². The van der Waals surface area contributed by atoms with Crippen LogP contribution in [0.25, 0.3) is 0 Å². The molecule has 2 aliphatic rings. The lowest BCUT2D eigenvalue weighted by atomic mass is 9.82. The molecule has 0 N–H and O–H groups in total. The third-order valence-electron chi connectivity index (χ3n) is 6.31. The van der Waals surface area contributed by atoms with Crippen LogP contribution in [-0.2, 0) is 17.6 Å². The molecule has 1 aliphatic carbocycles. The molecule has 1 atom stereocenters. The molecule has 1 saturated carbocycles. The zero-order valence-corrected chi connectivity index (χ0v) is 16.3.